The summed E-state index contributed by atoms with van der Waals surface area (Å²) in [6.45, 7) is 3.57. The summed E-state index contributed by atoms with van der Waals surface area (Å²) in [5.74, 6) is -1.02. The van der Waals surface area contributed by atoms with Gasteiger partial charge in [-0.05, 0) is 19.4 Å². The van der Waals surface area contributed by atoms with Gasteiger partial charge in [0.2, 0.25) is 0 Å². The van der Waals surface area contributed by atoms with Crippen molar-refractivity contribution in [3.63, 3.8) is 0 Å². The third kappa shape index (κ3) is 2.33. The Morgan fingerprint density at radius 1 is 1.31 bits per heavy atom. The SMILES string of the molecule is Cc1sc(NC(=O)N(C)C)c(C(=O)O)c1C. The van der Waals surface area contributed by atoms with Crippen LogP contribution in [0.2, 0.25) is 0 Å². The zero-order valence-corrected chi connectivity index (χ0v) is 10.4. The predicted molar refractivity (Wildman–Crippen MR) is 63.5 cm³/mol. The van der Waals surface area contributed by atoms with Crippen LogP contribution >= 0.6 is 11.3 Å². The minimum absolute atomic E-state index is 0.178. The summed E-state index contributed by atoms with van der Waals surface area (Å²) in [5.41, 5.74) is 0.879. The van der Waals surface area contributed by atoms with Gasteiger partial charge in [-0.1, -0.05) is 0 Å². The van der Waals surface area contributed by atoms with E-state index in [1.807, 2.05) is 6.92 Å². The van der Waals surface area contributed by atoms with Gasteiger partial charge >= 0.3 is 12.0 Å². The summed E-state index contributed by atoms with van der Waals surface area (Å²) in [7, 11) is 3.20. The second kappa shape index (κ2) is 4.52. The lowest BCUT2D eigenvalue weighted by atomic mass is 10.1. The number of aromatic carboxylic acids is 1. The Morgan fingerprint density at radius 3 is 2.31 bits per heavy atom. The molecule has 2 N–H and O–H groups in total. The van der Waals surface area contributed by atoms with Gasteiger partial charge in [-0.25, -0.2) is 9.59 Å². The molecule has 1 aromatic heterocycles. The van der Waals surface area contributed by atoms with E-state index in [1.165, 1.54) is 16.2 Å². The average molecular weight is 242 g/mol. The van der Waals surface area contributed by atoms with E-state index >= 15 is 0 Å². The lowest BCUT2D eigenvalue weighted by molar-refractivity contribution is 0.0697. The fraction of sp³-hybridized carbons (Fsp3) is 0.400. The van der Waals surface area contributed by atoms with Crippen LogP contribution in [0.4, 0.5) is 9.80 Å². The normalized spacial score (nSPS) is 10.0. The summed E-state index contributed by atoms with van der Waals surface area (Å²) >= 11 is 1.28. The molecule has 0 saturated carbocycles. The molecule has 16 heavy (non-hydrogen) atoms. The molecule has 0 unspecified atom stereocenters. The first-order chi connectivity index (χ1) is 7.34. The molecule has 1 heterocycles. The van der Waals surface area contributed by atoms with Crippen LogP contribution < -0.4 is 5.32 Å². The van der Waals surface area contributed by atoms with Crippen LogP contribution in [0.5, 0.6) is 0 Å². The Kier molecular flexibility index (Phi) is 3.54. The van der Waals surface area contributed by atoms with Crippen molar-refractivity contribution in [3.05, 3.63) is 16.0 Å². The fourth-order valence-electron chi connectivity index (χ4n) is 1.18. The van der Waals surface area contributed by atoms with Crippen molar-refractivity contribution in [1.29, 1.82) is 0 Å². The Bertz CT molecular complexity index is 438. The maximum absolute atomic E-state index is 11.4. The van der Waals surface area contributed by atoms with Gasteiger partial charge in [0.25, 0.3) is 0 Å². The maximum Gasteiger partial charge on any atom is 0.338 e. The van der Waals surface area contributed by atoms with Crippen molar-refractivity contribution >= 4 is 28.3 Å². The second-order valence-electron chi connectivity index (χ2n) is 3.62. The summed E-state index contributed by atoms with van der Waals surface area (Å²) in [4.78, 5) is 24.7. The second-order valence-corrected chi connectivity index (χ2v) is 4.84. The molecule has 5 nitrogen and oxygen atoms in total. The van der Waals surface area contributed by atoms with Crippen molar-refractivity contribution in [2.75, 3.05) is 19.4 Å². The Balaban J connectivity index is 3.10. The minimum atomic E-state index is -1.02. The number of urea groups is 1. The number of rotatable bonds is 2. The van der Waals surface area contributed by atoms with Crippen LogP contribution in [0.15, 0.2) is 0 Å². The number of anilines is 1. The molecule has 0 aromatic carbocycles. The highest BCUT2D eigenvalue weighted by Crippen LogP contribution is 2.32. The van der Waals surface area contributed by atoms with Gasteiger partial charge in [0.15, 0.2) is 0 Å². The predicted octanol–water partition coefficient (Wildman–Crippen LogP) is 2.16. The molecular weight excluding hydrogens is 228 g/mol. The standard InChI is InChI=1S/C10H14N2O3S/c1-5-6(2)16-8(7(5)9(13)14)11-10(15)12(3)4/h1-4H3,(H,11,15)(H,13,14). The number of aryl methyl sites for hydroxylation is 1. The van der Waals surface area contributed by atoms with E-state index in [0.717, 1.165) is 4.88 Å². The topological polar surface area (TPSA) is 69.6 Å². The molecule has 0 aliphatic rings. The van der Waals surface area contributed by atoms with E-state index in [1.54, 1.807) is 21.0 Å². The zero-order valence-electron chi connectivity index (χ0n) is 9.62. The van der Waals surface area contributed by atoms with Crippen LogP contribution in [0.1, 0.15) is 20.8 Å². The number of hydrogen-bond donors (Lipinski definition) is 2. The van der Waals surface area contributed by atoms with E-state index in [0.29, 0.717) is 10.6 Å². The van der Waals surface area contributed by atoms with Crippen molar-refractivity contribution in [2.45, 2.75) is 13.8 Å². The molecule has 0 bridgehead atoms. The summed E-state index contributed by atoms with van der Waals surface area (Å²) in [6.07, 6.45) is 0. The number of carbonyl (C=O) groups excluding carboxylic acids is 1. The Hall–Kier alpha value is -1.56. The molecule has 0 aliphatic heterocycles. The fourth-order valence-corrected chi connectivity index (χ4v) is 2.22. The lowest BCUT2D eigenvalue weighted by Gasteiger charge is -2.11. The van der Waals surface area contributed by atoms with Crippen molar-refractivity contribution in [3.8, 4) is 0 Å². The van der Waals surface area contributed by atoms with Crippen LogP contribution in [0.3, 0.4) is 0 Å². The molecule has 6 heteroatoms. The molecule has 0 saturated heterocycles. The van der Waals surface area contributed by atoms with Crippen LogP contribution in [-0.2, 0) is 0 Å². The zero-order chi connectivity index (χ0) is 12.5. The molecule has 0 atom stereocenters. The van der Waals surface area contributed by atoms with Crippen LogP contribution in [-0.4, -0.2) is 36.1 Å². The van der Waals surface area contributed by atoms with Gasteiger partial charge in [0.05, 0.1) is 5.56 Å². The van der Waals surface area contributed by atoms with E-state index in [9.17, 15) is 9.59 Å². The number of hydrogen-bond acceptors (Lipinski definition) is 3. The Morgan fingerprint density at radius 2 is 1.88 bits per heavy atom. The van der Waals surface area contributed by atoms with Crippen molar-refractivity contribution < 1.29 is 14.7 Å². The highest BCUT2D eigenvalue weighted by molar-refractivity contribution is 7.16. The smallest absolute Gasteiger partial charge is 0.338 e. The molecular formula is C10H14N2O3S. The average Bonchev–Trinajstić information content (AvgIpc) is 2.42. The quantitative estimate of drug-likeness (QED) is 0.834. The first-order valence-corrected chi connectivity index (χ1v) is 5.47. The number of carboxylic acids is 1. The number of carbonyl (C=O) groups is 2. The number of amides is 2. The molecule has 0 fully saturated rings. The highest BCUT2D eigenvalue weighted by atomic mass is 32.1. The van der Waals surface area contributed by atoms with Crippen molar-refractivity contribution in [2.24, 2.45) is 0 Å². The Labute approximate surface area is 97.7 Å². The maximum atomic E-state index is 11.4. The van der Waals surface area contributed by atoms with Crippen LogP contribution in [0.25, 0.3) is 0 Å². The van der Waals surface area contributed by atoms with E-state index in [4.69, 9.17) is 5.11 Å². The third-order valence-electron chi connectivity index (χ3n) is 2.23. The van der Waals surface area contributed by atoms with Crippen molar-refractivity contribution in [1.82, 2.24) is 4.90 Å². The molecule has 1 rings (SSSR count). The molecule has 0 aliphatic carbocycles. The molecule has 88 valence electrons. The first kappa shape index (κ1) is 12.5. The first-order valence-electron chi connectivity index (χ1n) is 4.66. The number of nitrogens with zero attached hydrogens (tertiary/aromatic N) is 1. The van der Waals surface area contributed by atoms with Gasteiger partial charge in [-0.2, -0.15) is 0 Å². The monoisotopic (exact) mass is 242 g/mol. The van der Waals surface area contributed by atoms with Gasteiger partial charge < -0.3 is 10.0 Å². The summed E-state index contributed by atoms with van der Waals surface area (Å²) in [6, 6.07) is -0.330. The lowest BCUT2D eigenvalue weighted by Crippen LogP contribution is -2.27. The summed E-state index contributed by atoms with van der Waals surface area (Å²) < 4.78 is 0. The number of nitrogens with one attached hydrogen (secondary N) is 1. The number of thiophene rings is 1. The van der Waals surface area contributed by atoms with Gasteiger partial charge in [-0.3, -0.25) is 5.32 Å². The number of carboxylic acid groups (broad SMARTS) is 1. The van der Waals surface area contributed by atoms with Gasteiger partial charge in [-0.15, -0.1) is 11.3 Å². The largest absolute Gasteiger partial charge is 0.478 e. The third-order valence-corrected chi connectivity index (χ3v) is 3.35. The minimum Gasteiger partial charge on any atom is -0.478 e. The highest BCUT2D eigenvalue weighted by Gasteiger charge is 2.20. The molecule has 1 aromatic rings. The molecule has 0 spiro atoms. The van der Waals surface area contributed by atoms with Gasteiger partial charge in [0, 0.05) is 19.0 Å². The van der Waals surface area contributed by atoms with E-state index < -0.39 is 5.97 Å². The molecule has 2 amide bonds. The van der Waals surface area contributed by atoms with E-state index in [-0.39, 0.29) is 11.6 Å². The van der Waals surface area contributed by atoms with E-state index in [2.05, 4.69) is 5.32 Å². The van der Waals surface area contributed by atoms with Gasteiger partial charge in [0.1, 0.15) is 5.00 Å². The summed E-state index contributed by atoms with van der Waals surface area (Å²) in [5, 5.41) is 12.0. The van der Waals surface area contributed by atoms with Crippen LogP contribution in [0, 0.1) is 13.8 Å². The molecule has 0 radical (unpaired) electrons.